The molecule has 0 saturated carbocycles. The zero-order valence-corrected chi connectivity index (χ0v) is 19.2. The number of rotatable bonds is 4. The number of halogens is 3. The van der Waals surface area contributed by atoms with E-state index in [1.165, 1.54) is 29.8 Å². The van der Waals surface area contributed by atoms with Crippen LogP contribution in [0.4, 0.5) is 18.9 Å². The van der Waals surface area contributed by atoms with Crippen molar-refractivity contribution >= 4 is 33.1 Å². The van der Waals surface area contributed by atoms with Crippen LogP contribution in [0.5, 0.6) is 0 Å². The van der Waals surface area contributed by atoms with E-state index in [4.69, 9.17) is 5.26 Å². The van der Waals surface area contributed by atoms with Crippen molar-refractivity contribution in [3.63, 3.8) is 0 Å². The van der Waals surface area contributed by atoms with Crippen LogP contribution in [-0.2, 0) is 6.18 Å². The van der Waals surface area contributed by atoms with E-state index in [0.717, 1.165) is 32.8 Å². The largest absolute Gasteiger partial charge is 0.416 e. The molecule has 176 valence electrons. The maximum atomic E-state index is 13.0. The summed E-state index contributed by atoms with van der Waals surface area (Å²) in [5, 5.41) is 12.5. The number of fused-ring (bicyclic) bond motifs is 1. The standard InChI is InChI=1S/C27H15F3N4OS/c28-27(29,30)20-5-1-4-19(11-20)25(35)34-21-6-2-3-18(12-21)24-22-13-23(36-26(22)33-15-32-24)17-9-7-16(14-31)8-10-17/h1-13,15H,(H,34,35). The number of thiophene rings is 1. The first-order valence-corrected chi connectivity index (χ1v) is 11.5. The van der Waals surface area contributed by atoms with E-state index in [-0.39, 0.29) is 5.56 Å². The Labute approximate surface area is 207 Å². The highest BCUT2D eigenvalue weighted by molar-refractivity contribution is 7.21. The molecule has 5 aromatic rings. The van der Waals surface area contributed by atoms with Crippen molar-refractivity contribution in [1.82, 2.24) is 9.97 Å². The Kier molecular flexibility index (Phi) is 5.96. The SMILES string of the molecule is N#Cc1ccc(-c2cc3c(-c4cccc(NC(=O)c5cccc(C(F)(F)F)c5)c4)ncnc3s2)cc1. The Bertz CT molecular complexity index is 1640. The van der Waals surface area contributed by atoms with Crippen LogP contribution in [0.2, 0.25) is 0 Å². The Morgan fingerprint density at radius 2 is 1.69 bits per heavy atom. The van der Waals surface area contributed by atoms with Gasteiger partial charge in [-0.25, -0.2) is 9.97 Å². The third kappa shape index (κ3) is 4.67. The fraction of sp³-hybridized carbons (Fsp3) is 0.0370. The van der Waals surface area contributed by atoms with Crippen molar-refractivity contribution in [1.29, 1.82) is 5.26 Å². The molecule has 0 aliphatic heterocycles. The minimum Gasteiger partial charge on any atom is -0.322 e. The van der Waals surface area contributed by atoms with Crippen LogP contribution in [0.1, 0.15) is 21.5 Å². The van der Waals surface area contributed by atoms with Crippen molar-refractivity contribution < 1.29 is 18.0 Å². The summed E-state index contributed by atoms with van der Waals surface area (Å²) in [5.74, 6) is -0.648. The summed E-state index contributed by atoms with van der Waals surface area (Å²) in [6.07, 6.45) is -3.07. The van der Waals surface area contributed by atoms with Gasteiger partial charge in [0.05, 0.1) is 22.9 Å². The average molecular weight is 501 g/mol. The number of nitrogens with one attached hydrogen (secondary N) is 1. The first-order valence-electron chi connectivity index (χ1n) is 10.7. The van der Waals surface area contributed by atoms with E-state index in [0.29, 0.717) is 22.5 Å². The molecule has 9 heteroatoms. The lowest BCUT2D eigenvalue weighted by Gasteiger charge is -2.10. The van der Waals surface area contributed by atoms with Crippen LogP contribution in [0.25, 0.3) is 31.9 Å². The number of aromatic nitrogens is 2. The second kappa shape index (κ2) is 9.24. The Balaban J connectivity index is 1.45. The van der Waals surface area contributed by atoms with Gasteiger partial charge in [-0.15, -0.1) is 11.3 Å². The van der Waals surface area contributed by atoms with E-state index in [2.05, 4.69) is 21.4 Å². The number of alkyl halides is 3. The smallest absolute Gasteiger partial charge is 0.322 e. The lowest BCUT2D eigenvalue weighted by molar-refractivity contribution is -0.137. The van der Waals surface area contributed by atoms with Gasteiger partial charge in [0.15, 0.2) is 0 Å². The van der Waals surface area contributed by atoms with Gasteiger partial charge in [-0.1, -0.05) is 30.3 Å². The molecule has 0 aliphatic carbocycles. The Morgan fingerprint density at radius 1 is 0.917 bits per heavy atom. The number of carbonyl (C=O) groups is 1. The van der Waals surface area contributed by atoms with Crippen LogP contribution in [0.3, 0.4) is 0 Å². The van der Waals surface area contributed by atoms with Gasteiger partial charge in [0.1, 0.15) is 11.2 Å². The van der Waals surface area contributed by atoms with Crippen molar-refractivity contribution in [2.24, 2.45) is 0 Å². The fourth-order valence-electron chi connectivity index (χ4n) is 3.72. The molecule has 0 saturated heterocycles. The van der Waals surface area contributed by atoms with Gasteiger partial charge < -0.3 is 5.32 Å². The molecule has 3 aromatic carbocycles. The van der Waals surface area contributed by atoms with E-state index in [1.807, 2.05) is 24.3 Å². The molecule has 0 unspecified atom stereocenters. The second-order valence-corrected chi connectivity index (χ2v) is 8.89. The highest BCUT2D eigenvalue weighted by Gasteiger charge is 2.30. The maximum Gasteiger partial charge on any atom is 0.416 e. The molecule has 5 nitrogen and oxygen atoms in total. The zero-order chi connectivity index (χ0) is 25.3. The number of carbonyl (C=O) groups excluding carboxylic acids is 1. The molecule has 2 heterocycles. The van der Waals surface area contributed by atoms with E-state index in [9.17, 15) is 18.0 Å². The third-order valence-electron chi connectivity index (χ3n) is 5.47. The number of hydrogen-bond acceptors (Lipinski definition) is 5. The van der Waals surface area contributed by atoms with Crippen molar-refractivity contribution in [2.75, 3.05) is 5.32 Å². The summed E-state index contributed by atoms with van der Waals surface area (Å²) in [4.78, 5) is 23.2. The summed E-state index contributed by atoms with van der Waals surface area (Å²) in [5.41, 5.74) is 2.34. The van der Waals surface area contributed by atoms with Crippen molar-refractivity contribution in [3.05, 3.63) is 102 Å². The van der Waals surface area contributed by atoms with Gasteiger partial charge in [0.2, 0.25) is 0 Å². The molecule has 2 aromatic heterocycles. The molecule has 0 aliphatic rings. The van der Waals surface area contributed by atoms with Gasteiger partial charge in [-0.3, -0.25) is 4.79 Å². The monoisotopic (exact) mass is 500 g/mol. The molecule has 0 bridgehead atoms. The van der Waals surface area contributed by atoms with E-state index < -0.39 is 17.6 Å². The summed E-state index contributed by atoms with van der Waals surface area (Å²) in [6, 6.07) is 22.6. The topological polar surface area (TPSA) is 78.7 Å². The minimum absolute atomic E-state index is 0.0930. The van der Waals surface area contributed by atoms with E-state index in [1.54, 1.807) is 30.3 Å². The molecule has 0 radical (unpaired) electrons. The summed E-state index contributed by atoms with van der Waals surface area (Å²) >= 11 is 1.49. The van der Waals surface area contributed by atoms with Gasteiger partial charge in [-0.2, -0.15) is 18.4 Å². The van der Waals surface area contributed by atoms with Gasteiger partial charge in [0, 0.05) is 27.1 Å². The molecule has 1 N–H and O–H groups in total. The minimum atomic E-state index is -4.54. The van der Waals surface area contributed by atoms with Gasteiger partial charge in [-0.05, 0) is 54.1 Å². The molecule has 5 rings (SSSR count). The lowest BCUT2D eigenvalue weighted by Crippen LogP contribution is -2.14. The predicted octanol–water partition coefficient (Wildman–Crippen LogP) is 7.17. The predicted molar refractivity (Wildman–Crippen MR) is 132 cm³/mol. The Morgan fingerprint density at radius 3 is 2.44 bits per heavy atom. The zero-order valence-electron chi connectivity index (χ0n) is 18.4. The quantitative estimate of drug-likeness (QED) is 0.284. The van der Waals surface area contributed by atoms with Gasteiger partial charge >= 0.3 is 6.18 Å². The lowest BCUT2D eigenvalue weighted by atomic mass is 10.1. The molecule has 1 amide bonds. The second-order valence-electron chi connectivity index (χ2n) is 7.85. The molecule has 0 fully saturated rings. The van der Waals surface area contributed by atoms with Gasteiger partial charge in [0.25, 0.3) is 5.91 Å². The van der Waals surface area contributed by atoms with Crippen LogP contribution in [-0.4, -0.2) is 15.9 Å². The molecule has 0 spiro atoms. The maximum absolute atomic E-state index is 13.0. The normalized spacial score (nSPS) is 11.3. The van der Waals surface area contributed by atoms with E-state index >= 15 is 0 Å². The summed E-state index contributed by atoms with van der Waals surface area (Å²) in [7, 11) is 0. The number of nitrogens with zero attached hydrogens (tertiary/aromatic N) is 3. The number of nitriles is 1. The van der Waals surface area contributed by atoms with Crippen LogP contribution in [0.15, 0.2) is 85.2 Å². The third-order valence-corrected chi connectivity index (χ3v) is 6.57. The highest BCUT2D eigenvalue weighted by Crippen LogP contribution is 2.37. The molecule has 36 heavy (non-hydrogen) atoms. The van der Waals surface area contributed by atoms with Crippen molar-refractivity contribution in [3.8, 4) is 27.8 Å². The number of hydrogen-bond donors (Lipinski definition) is 1. The van der Waals surface area contributed by atoms with Crippen LogP contribution in [0, 0.1) is 11.3 Å². The molecular weight excluding hydrogens is 485 g/mol. The Hall–Kier alpha value is -4.55. The first kappa shape index (κ1) is 23.2. The number of benzene rings is 3. The molecular formula is C27H15F3N4OS. The summed E-state index contributed by atoms with van der Waals surface area (Å²) < 4.78 is 39.0. The fourth-order valence-corrected chi connectivity index (χ4v) is 4.73. The number of amides is 1. The molecule has 0 atom stereocenters. The number of anilines is 1. The van der Waals surface area contributed by atoms with Crippen LogP contribution >= 0.6 is 11.3 Å². The van der Waals surface area contributed by atoms with Crippen molar-refractivity contribution in [2.45, 2.75) is 6.18 Å². The first-order chi connectivity index (χ1) is 17.3. The summed E-state index contributed by atoms with van der Waals surface area (Å²) in [6.45, 7) is 0. The average Bonchev–Trinajstić information content (AvgIpc) is 3.33. The van der Waals surface area contributed by atoms with Crippen LogP contribution < -0.4 is 5.32 Å². The highest BCUT2D eigenvalue weighted by atomic mass is 32.1.